The summed E-state index contributed by atoms with van der Waals surface area (Å²) in [5.74, 6) is 0.154. The van der Waals surface area contributed by atoms with Crippen LogP contribution in [0.2, 0.25) is 5.02 Å². The summed E-state index contributed by atoms with van der Waals surface area (Å²) in [6.07, 6.45) is 2.16. The van der Waals surface area contributed by atoms with Crippen molar-refractivity contribution in [3.05, 3.63) is 101 Å². The second-order valence-corrected chi connectivity index (χ2v) is 10.7. The molecule has 4 nitrogen and oxygen atoms in total. The summed E-state index contributed by atoms with van der Waals surface area (Å²) in [5.41, 5.74) is 1.75. The average molecular weight is 541 g/mol. The van der Waals surface area contributed by atoms with E-state index in [9.17, 15) is 14.0 Å². The van der Waals surface area contributed by atoms with E-state index in [0.717, 1.165) is 28.2 Å². The van der Waals surface area contributed by atoms with Gasteiger partial charge in [-0.15, -0.1) is 11.8 Å². The average Bonchev–Trinajstić information content (AvgIpc) is 2.91. The molecule has 0 heterocycles. The Labute approximate surface area is 228 Å². The van der Waals surface area contributed by atoms with Crippen LogP contribution in [-0.2, 0) is 22.6 Å². The Hall–Kier alpha value is -2.83. The van der Waals surface area contributed by atoms with E-state index >= 15 is 0 Å². The van der Waals surface area contributed by atoms with Crippen LogP contribution in [0.5, 0.6) is 0 Å². The molecule has 0 aliphatic rings. The van der Waals surface area contributed by atoms with Gasteiger partial charge in [-0.25, -0.2) is 4.39 Å². The van der Waals surface area contributed by atoms with Gasteiger partial charge in [-0.2, -0.15) is 0 Å². The summed E-state index contributed by atoms with van der Waals surface area (Å²) in [7, 11) is 0. The molecule has 0 aliphatic heterocycles. The van der Waals surface area contributed by atoms with E-state index in [-0.39, 0.29) is 30.2 Å². The smallest absolute Gasteiger partial charge is 0.243 e. The molecule has 196 valence electrons. The van der Waals surface area contributed by atoms with E-state index in [4.69, 9.17) is 11.6 Å². The molecule has 0 radical (unpaired) electrons. The normalized spacial score (nSPS) is 12.5. The molecule has 2 unspecified atom stereocenters. The number of carbonyl (C=O) groups is 2. The maximum absolute atomic E-state index is 13.6. The van der Waals surface area contributed by atoms with E-state index in [1.54, 1.807) is 28.8 Å². The fraction of sp³-hybridized carbons (Fsp3) is 0.333. The second kappa shape index (κ2) is 14.8. The van der Waals surface area contributed by atoms with Crippen LogP contribution in [0.25, 0.3) is 0 Å². The van der Waals surface area contributed by atoms with Crippen molar-refractivity contribution in [1.82, 2.24) is 10.2 Å². The first-order valence-electron chi connectivity index (χ1n) is 12.6. The molecule has 7 heteroatoms. The number of hydrogen-bond acceptors (Lipinski definition) is 3. The fourth-order valence-electron chi connectivity index (χ4n) is 3.87. The number of nitrogens with zero attached hydrogens (tertiary/aromatic N) is 1. The topological polar surface area (TPSA) is 49.4 Å². The lowest BCUT2D eigenvalue weighted by Gasteiger charge is -2.32. The summed E-state index contributed by atoms with van der Waals surface area (Å²) < 4.78 is 13.6. The van der Waals surface area contributed by atoms with Gasteiger partial charge in [0.25, 0.3) is 0 Å². The number of hydrogen-bond donors (Lipinski definition) is 1. The largest absolute Gasteiger partial charge is 0.352 e. The number of nitrogens with one attached hydrogen (secondary N) is 1. The third-order valence-electron chi connectivity index (χ3n) is 6.16. The molecule has 0 bridgehead atoms. The number of benzene rings is 3. The highest BCUT2D eigenvalue weighted by molar-refractivity contribution is 7.99. The molecule has 3 aromatic rings. The Morgan fingerprint density at radius 1 is 0.973 bits per heavy atom. The maximum Gasteiger partial charge on any atom is 0.243 e. The van der Waals surface area contributed by atoms with Crippen LogP contribution < -0.4 is 5.32 Å². The zero-order valence-electron chi connectivity index (χ0n) is 21.3. The zero-order valence-corrected chi connectivity index (χ0v) is 22.9. The first-order valence-corrected chi connectivity index (χ1v) is 14.0. The molecule has 2 amide bonds. The number of amides is 2. The van der Waals surface area contributed by atoms with Crippen LogP contribution in [-0.4, -0.2) is 34.6 Å². The highest BCUT2D eigenvalue weighted by Gasteiger charge is 2.30. The monoisotopic (exact) mass is 540 g/mol. The summed E-state index contributed by atoms with van der Waals surface area (Å²) in [6.45, 7) is 4.20. The zero-order chi connectivity index (χ0) is 26.6. The van der Waals surface area contributed by atoms with Gasteiger partial charge in [-0.3, -0.25) is 9.59 Å². The Kier molecular flexibility index (Phi) is 11.5. The van der Waals surface area contributed by atoms with Crippen molar-refractivity contribution in [3.8, 4) is 0 Å². The Bertz CT molecular complexity index is 1130. The molecule has 0 aromatic heterocycles. The third-order valence-corrected chi connectivity index (χ3v) is 7.51. The van der Waals surface area contributed by atoms with E-state index in [2.05, 4.69) is 5.32 Å². The predicted molar refractivity (Wildman–Crippen MR) is 150 cm³/mol. The molecule has 37 heavy (non-hydrogen) atoms. The molecule has 0 fully saturated rings. The van der Waals surface area contributed by atoms with Crippen LogP contribution >= 0.6 is 23.4 Å². The molecular weight excluding hydrogens is 507 g/mol. The summed E-state index contributed by atoms with van der Waals surface area (Å²) >= 11 is 7.63. The second-order valence-electron chi connectivity index (χ2n) is 9.08. The quantitative estimate of drug-likeness (QED) is 0.189. The van der Waals surface area contributed by atoms with Crippen molar-refractivity contribution < 1.29 is 14.0 Å². The minimum absolute atomic E-state index is 0.00989. The van der Waals surface area contributed by atoms with Crippen LogP contribution in [0.3, 0.4) is 0 Å². The van der Waals surface area contributed by atoms with Crippen molar-refractivity contribution in [2.45, 2.75) is 63.1 Å². The number of carbonyl (C=O) groups excluding carboxylic acids is 2. The minimum Gasteiger partial charge on any atom is -0.352 e. The van der Waals surface area contributed by atoms with Crippen molar-refractivity contribution in [3.63, 3.8) is 0 Å². The van der Waals surface area contributed by atoms with E-state index in [0.29, 0.717) is 24.3 Å². The summed E-state index contributed by atoms with van der Waals surface area (Å²) in [5, 5.41) is 3.76. The van der Waals surface area contributed by atoms with Crippen molar-refractivity contribution >= 4 is 35.2 Å². The first-order chi connectivity index (χ1) is 17.9. The van der Waals surface area contributed by atoms with Gasteiger partial charge in [0.2, 0.25) is 11.8 Å². The minimum atomic E-state index is -0.683. The molecule has 1 N–H and O–H groups in total. The number of rotatable bonds is 13. The Morgan fingerprint density at radius 2 is 1.65 bits per heavy atom. The Morgan fingerprint density at radius 3 is 2.30 bits per heavy atom. The fourth-order valence-corrected chi connectivity index (χ4v) is 4.85. The lowest BCUT2D eigenvalue weighted by molar-refractivity contribution is -0.141. The maximum atomic E-state index is 13.6. The third kappa shape index (κ3) is 9.52. The van der Waals surface area contributed by atoms with E-state index in [1.807, 2.05) is 68.4 Å². The van der Waals surface area contributed by atoms with Gasteiger partial charge in [0.1, 0.15) is 11.9 Å². The van der Waals surface area contributed by atoms with Crippen LogP contribution in [0.4, 0.5) is 4.39 Å². The van der Waals surface area contributed by atoms with Gasteiger partial charge >= 0.3 is 0 Å². The predicted octanol–water partition coefficient (Wildman–Crippen LogP) is 6.91. The first kappa shape index (κ1) is 28.7. The molecule has 0 saturated heterocycles. The van der Waals surface area contributed by atoms with Crippen LogP contribution in [0.1, 0.15) is 44.2 Å². The number of halogens is 2. The number of thioether (sulfide) groups is 1. The van der Waals surface area contributed by atoms with Gasteiger partial charge in [0.15, 0.2) is 0 Å². The molecule has 0 spiro atoms. The van der Waals surface area contributed by atoms with E-state index < -0.39 is 6.04 Å². The highest BCUT2D eigenvalue weighted by Crippen LogP contribution is 2.22. The molecular formula is C30H34ClFN2O2S. The van der Waals surface area contributed by atoms with Crippen LogP contribution in [0, 0.1) is 5.82 Å². The Balaban J connectivity index is 1.78. The molecule has 2 atom stereocenters. The van der Waals surface area contributed by atoms with Gasteiger partial charge in [0.05, 0.1) is 0 Å². The van der Waals surface area contributed by atoms with E-state index in [1.165, 1.54) is 12.1 Å². The highest BCUT2D eigenvalue weighted by atomic mass is 35.5. The van der Waals surface area contributed by atoms with Gasteiger partial charge in [0, 0.05) is 35.3 Å². The standard InChI is InChI=1S/C30H34ClFN2O2S/c1-3-22(2)33-30(36)28(20-23-8-5-4-6-9-23)34(21-24-11-15-26(32)16-12-24)29(35)10-7-19-37-27-17-13-25(31)14-18-27/h4-6,8-9,11-18,22,28H,3,7,10,19-21H2,1-2H3,(H,33,36). The SMILES string of the molecule is CCC(C)NC(=O)C(Cc1ccccc1)N(Cc1ccc(F)cc1)C(=O)CCCSc1ccc(Cl)cc1. The molecule has 0 saturated carbocycles. The van der Waals surface area contributed by atoms with Crippen molar-refractivity contribution in [2.24, 2.45) is 0 Å². The van der Waals surface area contributed by atoms with Crippen molar-refractivity contribution in [1.29, 1.82) is 0 Å². The summed E-state index contributed by atoms with van der Waals surface area (Å²) in [6, 6.07) is 22.7. The van der Waals surface area contributed by atoms with Crippen molar-refractivity contribution in [2.75, 3.05) is 5.75 Å². The van der Waals surface area contributed by atoms with Crippen LogP contribution in [0.15, 0.2) is 83.8 Å². The van der Waals surface area contributed by atoms with Gasteiger partial charge < -0.3 is 10.2 Å². The lowest BCUT2D eigenvalue weighted by Crippen LogP contribution is -2.52. The lowest BCUT2D eigenvalue weighted by atomic mass is 10.0. The summed E-state index contributed by atoms with van der Waals surface area (Å²) in [4.78, 5) is 29.8. The molecule has 3 aromatic carbocycles. The molecule has 0 aliphatic carbocycles. The van der Waals surface area contributed by atoms with Gasteiger partial charge in [-0.05, 0) is 73.0 Å². The molecule has 3 rings (SSSR count). The van der Waals surface area contributed by atoms with Gasteiger partial charge in [-0.1, -0.05) is 61.0 Å².